The number of anilines is 1. The highest BCUT2D eigenvalue weighted by atomic mass is 35.5. The predicted molar refractivity (Wildman–Crippen MR) is 123 cm³/mol. The molecule has 3 rings (SSSR count). The SMILES string of the molecule is CCCn1c(N)c(C(=O)COC(=O)c2ccc(-n3nc(C)c(Cl)c3C)cc2)c(=O)n(C)c1=O. The minimum Gasteiger partial charge on any atom is -0.454 e. The van der Waals surface area contributed by atoms with Gasteiger partial charge in [0.2, 0.25) is 5.78 Å². The number of benzene rings is 1. The first-order chi connectivity index (χ1) is 15.6. The van der Waals surface area contributed by atoms with Crippen LogP contribution in [0.3, 0.4) is 0 Å². The minimum atomic E-state index is -0.834. The summed E-state index contributed by atoms with van der Waals surface area (Å²) >= 11 is 6.18. The van der Waals surface area contributed by atoms with Crippen LogP contribution in [0.2, 0.25) is 5.02 Å². The molecule has 0 fully saturated rings. The molecular weight excluding hydrogens is 450 g/mol. The highest BCUT2D eigenvalue weighted by Gasteiger charge is 2.22. The van der Waals surface area contributed by atoms with Crippen LogP contribution >= 0.6 is 11.6 Å². The molecule has 0 aliphatic rings. The maximum atomic E-state index is 12.6. The molecule has 0 saturated heterocycles. The van der Waals surface area contributed by atoms with E-state index >= 15 is 0 Å². The van der Waals surface area contributed by atoms with Gasteiger partial charge in [0, 0.05) is 13.6 Å². The fourth-order valence-electron chi connectivity index (χ4n) is 3.39. The maximum absolute atomic E-state index is 12.6. The van der Waals surface area contributed by atoms with Crippen molar-refractivity contribution < 1.29 is 14.3 Å². The molecule has 0 spiro atoms. The summed E-state index contributed by atoms with van der Waals surface area (Å²) in [5, 5.41) is 4.92. The smallest absolute Gasteiger partial charge is 0.338 e. The van der Waals surface area contributed by atoms with Crippen molar-refractivity contribution in [1.82, 2.24) is 18.9 Å². The van der Waals surface area contributed by atoms with E-state index in [1.165, 1.54) is 19.2 Å². The van der Waals surface area contributed by atoms with Gasteiger partial charge in [-0.1, -0.05) is 18.5 Å². The topological polar surface area (TPSA) is 131 Å². The number of hydrogen-bond donors (Lipinski definition) is 1. The Hall–Kier alpha value is -3.66. The number of hydrogen-bond acceptors (Lipinski definition) is 7. The standard InChI is InChI=1S/C22H24ClN5O5/c1-5-10-27-19(24)17(20(30)26(4)22(27)32)16(29)11-33-21(31)14-6-8-15(9-7-14)28-13(3)18(23)12(2)25-28/h6-9H,5,10-11,24H2,1-4H3. The van der Waals surface area contributed by atoms with Crippen molar-refractivity contribution in [3.63, 3.8) is 0 Å². The van der Waals surface area contributed by atoms with Gasteiger partial charge in [-0.25, -0.2) is 14.3 Å². The minimum absolute atomic E-state index is 0.205. The number of nitrogens with two attached hydrogens (primary N) is 1. The molecule has 2 N–H and O–H groups in total. The van der Waals surface area contributed by atoms with Crippen molar-refractivity contribution >= 4 is 29.2 Å². The Morgan fingerprint density at radius 2 is 1.79 bits per heavy atom. The Kier molecular flexibility index (Phi) is 6.87. The molecule has 174 valence electrons. The summed E-state index contributed by atoms with van der Waals surface area (Å²) in [6, 6.07) is 6.40. The summed E-state index contributed by atoms with van der Waals surface area (Å²) in [5.74, 6) is -1.78. The van der Waals surface area contributed by atoms with Crippen molar-refractivity contribution in [3.8, 4) is 5.69 Å². The largest absolute Gasteiger partial charge is 0.454 e. The van der Waals surface area contributed by atoms with E-state index in [0.29, 0.717) is 22.8 Å². The van der Waals surface area contributed by atoms with Gasteiger partial charge >= 0.3 is 11.7 Å². The van der Waals surface area contributed by atoms with Gasteiger partial charge in [0.15, 0.2) is 6.61 Å². The lowest BCUT2D eigenvalue weighted by Crippen LogP contribution is -2.43. The monoisotopic (exact) mass is 473 g/mol. The second kappa shape index (κ2) is 9.45. The second-order valence-electron chi connectivity index (χ2n) is 7.50. The number of carbonyl (C=O) groups is 2. The summed E-state index contributed by atoms with van der Waals surface area (Å²) in [5.41, 5.74) is 6.45. The molecule has 0 unspecified atom stereocenters. The highest BCUT2D eigenvalue weighted by molar-refractivity contribution is 6.31. The van der Waals surface area contributed by atoms with Gasteiger partial charge in [0.05, 0.1) is 27.7 Å². The van der Waals surface area contributed by atoms with Gasteiger partial charge < -0.3 is 10.5 Å². The predicted octanol–water partition coefficient (Wildman–Crippen LogP) is 2.03. The molecular formula is C22H24ClN5O5. The van der Waals surface area contributed by atoms with Crippen molar-refractivity contribution in [2.45, 2.75) is 33.7 Å². The highest BCUT2D eigenvalue weighted by Crippen LogP contribution is 2.22. The summed E-state index contributed by atoms with van der Waals surface area (Å²) in [4.78, 5) is 49.7. The molecule has 2 heterocycles. The van der Waals surface area contributed by atoms with E-state index < -0.39 is 29.6 Å². The first kappa shape index (κ1) is 24.0. The fourth-order valence-corrected chi connectivity index (χ4v) is 3.50. The van der Waals surface area contributed by atoms with Crippen molar-refractivity contribution in [1.29, 1.82) is 0 Å². The number of ketones is 1. The van der Waals surface area contributed by atoms with Crippen molar-refractivity contribution in [2.75, 3.05) is 12.3 Å². The molecule has 2 aromatic heterocycles. The van der Waals surface area contributed by atoms with E-state index in [2.05, 4.69) is 5.10 Å². The van der Waals surface area contributed by atoms with Crippen LogP contribution < -0.4 is 17.0 Å². The molecule has 11 heteroatoms. The molecule has 0 radical (unpaired) electrons. The van der Waals surface area contributed by atoms with Crippen LogP contribution in [0.15, 0.2) is 33.9 Å². The zero-order valence-electron chi connectivity index (χ0n) is 18.7. The molecule has 10 nitrogen and oxygen atoms in total. The normalized spacial score (nSPS) is 10.9. The van der Waals surface area contributed by atoms with E-state index in [-0.39, 0.29) is 23.5 Å². The van der Waals surface area contributed by atoms with E-state index in [4.69, 9.17) is 22.1 Å². The van der Waals surface area contributed by atoms with E-state index in [0.717, 1.165) is 14.8 Å². The summed E-state index contributed by atoms with van der Waals surface area (Å²) in [7, 11) is 1.26. The van der Waals surface area contributed by atoms with Crippen LogP contribution in [0.25, 0.3) is 5.69 Å². The van der Waals surface area contributed by atoms with Crippen molar-refractivity contribution in [2.24, 2.45) is 7.05 Å². The van der Waals surface area contributed by atoms with Gasteiger partial charge in [0.25, 0.3) is 5.56 Å². The van der Waals surface area contributed by atoms with Gasteiger partial charge in [-0.2, -0.15) is 5.10 Å². The maximum Gasteiger partial charge on any atom is 0.338 e. The zero-order valence-corrected chi connectivity index (χ0v) is 19.5. The first-order valence-corrected chi connectivity index (χ1v) is 10.6. The third kappa shape index (κ3) is 4.47. The summed E-state index contributed by atoms with van der Waals surface area (Å²) in [6.45, 7) is 5.00. The Balaban J connectivity index is 1.77. The Bertz CT molecular complexity index is 1350. The molecule has 0 aliphatic carbocycles. The Morgan fingerprint density at radius 3 is 2.33 bits per heavy atom. The molecule has 0 aliphatic heterocycles. The van der Waals surface area contributed by atoms with Gasteiger partial charge in [-0.15, -0.1) is 0 Å². The van der Waals surface area contributed by atoms with E-state index in [9.17, 15) is 19.2 Å². The molecule has 0 bridgehead atoms. The van der Waals surface area contributed by atoms with Crippen molar-refractivity contribution in [3.05, 3.63) is 72.6 Å². The van der Waals surface area contributed by atoms with Crippen LogP contribution in [0.4, 0.5) is 5.82 Å². The first-order valence-electron chi connectivity index (χ1n) is 10.2. The third-order valence-electron chi connectivity index (χ3n) is 5.19. The molecule has 0 saturated carbocycles. The molecule has 3 aromatic rings. The number of halogens is 1. The lowest BCUT2D eigenvalue weighted by Gasteiger charge is -2.14. The number of esters is 1. The molecule has 33 heavy (non-hydrogen) atoms. The number of aromatic nitrogens is 4. The van der Waals surface area contributed by atoms with Crippen LogP contribution in [0.1, 0.15) is 45.4 Å². The third-order valence-corrected chi connectivity index (χ3v) is 5.74. The Morgan fingerprint density at radius 1 is 1.15 bits per heavy atom. The van der Waals surface area contributed by atoms with Gasteiger partial charge in [-0.05, 0) is 44.5 Å². The fraction of sp³-hybridized carbons (Fsp3) is 0.318. The number of ether oxygens (including phenoxy) is 1. The molecule has 0 atom stereocenters. The van der Waals surface area contributed by atoms with Crippen LogP contribution in [0.5, 0.6) is 0 Å². The number of rotatable bonds is 7. The number of nitrogen functional groups attached to an aromatic ring is 1. The number of nitrogens with zero attached hydrogens (tertiary/aromatic N) is 4. The van der Waals surface area contributed by atoms with E-state index in [1.54, 1.807) is 23.7 Å². The van der Waals surface area contributed by atoms with Gasteiger partial charge in [0.1, 0.15) is 11.4 Å². The Labute approximate surface area is 194 Å². The summed E-state index contributed by atoms with van der Waals surface area (Å²) in [6.07, 6.45) is 0.574. The number of Topliss-reactive ketones (excluding diaryl/α,β-unsaturated/α-hetero) is 1. The molecule has 1 aromatic carbocycles. The number of carbonyl (C=O) groups excluding carboxylic acids is 2. The second-order valence-corrected chi connectivity index (χ2v) is 7.88. The van der Waals surface area contributed by atoms with Gasteiger partial charge in [-0.3, -0.25) is 18.7 Å². The molecule has 0 amide bonds. The zero-order chi connectivity index (χ0) is 24.4. The van der Waals surface area contributed by atoms with E-state index in [1.807, 2.05) is 13.8 Å². The lowest BCUT2D eigenvalue weighted by molar-refractivity contribution is 0.0474. The summed E-state index contributed by atoms with van der Waals surface area (Å²) < 4.78 is 8.71. The van der Waals surface area contributed by atoms with Crippen LogP contribution in [0, 0.1) is 13.8 Å². The quantitative estimate of drug-likeness (QED) is 0.410. The van der Waals surface area contributed by atoms with Crippen LogP contribution in [-0.2, 0) is 18.3 Å². The average Bonchev–Trinajstić information content (AvgIpc) is 3.06. The van der Waals surface area contributed by atoms with Crippen LogP contribution in [-0.4, -0.2) is 37.3 Å². The lowest BCUT2D eigenvalue weighted by atomic mass is 10.2. The average molecular weight is 474 g/mol. The number of aryl methyl sites for hydroxylation is 1.